The Kier molecular flexibility index (Phi) is 5.17. The molecule has 0 radical (unpaired) electrons. The fraction of sp³-hybridized carbons (Fsp3) is 0.438. The first kappa shape index (κ1) is 15.8. The second-order valence-electron chi connectivity index (χ2n) is 5.50. The number of carbonyl (C=O) groups excluding carboxylic acids is 1. The first-order valence-electron chi connectivity index (χ1n) is 7.15. The number of nitrogens with one attached hydrogen (secondary N) is 1. The lowest BCUT2D eigenvalue weighted by Crippen LogP contribution is -2.33. The van der Waals surface area contributed by atoms with Crippen molar-refractivity contribution < 1.29 is 4.79 Å². The number of para-hydroxylation sites is 2. The van der Waals surface area contributed by atoms with Crippen LogP contribution in [0.15, 0.2) is 29.3 Å². The number of carbonyl (C=O) groups is 1. The van der Waals surface area contributed by atoms with E-state index in [4.69, 9.17) is 0 Å². The topological polar surface area (TPSA) is 54.9 Å². The predicted octanol–water partition coefficient (Wildman–Crippen LogP) is 3.19. The maximum absolute atomic E-state index is 12.0. The van der Waals surface area contributed by atoms with E-state index >= 15 is 0 Å². The van der Waals surface area contributed by atoms with Crippen LogP contribution in [0.4, 0.5) is 0 Å². The summed E-state index contributed by atoms with van der Waals surface area (Å²) in [6, 6.07) is 7.78. The zero-order valence-electron chi connectivity index (χ0n) is 12.9. The lowest BCUT2D eigenvalue weighted by Gasteiger charge is -2.14. The largest absolute Gasteiger partial charge is 0.355 e. The number of hydrogen-bond acceptors (Lipinski definition) is 4. The van der Waals surface area contributed by atoms with Crippen molar-refractivity contribution >= 4 is 28.7 Å². The van der Waals surface area contributed by atoms with E-state index in [1.807, 2.05) is 38.1 Å². The van der Waals surface area contributed by atoms with E-state index in [1.165, 1.54) is 11.8 Å². The van der Waals surface area contributed by atoms with Gasteiger partial charge in [0, 0.05) is 6.54 Å². The molecule has 2 rings (SSSR count). The van der Waals surface area contributed by atoms with Crippen molar-refractivity contribution in [3.8, 4) is 0 Å². The molecule has 0 aliphatic heterocycles. The number of amides is 1. The highest BCUT2D eigenvalue weighted by molar-refractivity contribution is 8.00. The summed E-state index contributed by atoms with van der Waals surface area (Å²) in [7, 11) is 0. The minimum atomic E-state index is -0.182. The highest BCUT2D eigenvalue weighted by Gasteiger charge is 2.17. The zero-order chi connectivity index (χ0) is 15.4. The van der Waals surface area contributed by atoms with Crippen molar-refractivity contribution in [2.75, 3.05) is 6.54 Å². The predicted molar refractivity (Wildman–Crippen MR) is 87.4 cm³/mol. The first-order chi connectivity index (χ1) is 9.97. The van der Waals surface area contributed by atoms with Gasteiger partial charge in [-0.1, -0.05) is 37.7 Å². The van der Waals surface area contributed by atoms with E-state index in [1.54, 1.807) is 0 Å². The highest BCUT2D eigenvalue weighted by atomic mass is 32.2. The molecular formula is C16H21N3OS. The van der Waals surface area contributed by atoms with Crippen molar-refractivity contribution in [1.82, 2.24) is 15.3 Å². The van der Waals surface area contributed by atoms with Crippen LogP contribution in [-0.4, -0.2) is 27.7 Å². The molecule has 1 aromatic heterocycles. The van der Waals surface area contributed by atoms with Crippen molar-refractivity contribution in [1.29, 1.82) is 0 Å². The van der Waals surface area contributed by atoms with E-state index in [0.717, 1.165) is 21.8 Å². The van der Waals surface area contributed by atoms with Gasteiger partial charge in [0.1, 0.15) is 5.03 Å². The fourth-order valence-electron chi connectivity index (χ4n) is 1.85. The number of fused-ring (bicyclic) bond motifs is 1. The monoisotopic (exact) mass is 303 g/mol. The average molecular weight is 303 g/mol. The molecule has 1 amide bonds. The highest BCUT2D eigenvalue weighted by Crippen LogP contribution is 2.25. The molecule has 0 saturated carbocycles. The van der Waals surface area contributed by atoms with Crippen molar-refractivity contribution in [2.24, 2.45) is 5.92 Å². The third kappa shape index (κ3) is 4.17. The van der Waals surface area contributed by atoms with Crippen LogP contribution in [0.25, 0.3) is 11.0 Å². The molecule has 2 aromatic rings. The summed E-state index contributed by atoms with van der Waals surface area (Å²) in [4.78, 5) is 21.2. The van der Waals surface area contributed by atoms with Crippen molar-refractivity contribution in [3.05, 3.63) is 30.0 Å². The van der Waals surface area contributed by atoms with Gasteiger partial charge in [-0.05, 0) is 31.9 Å². The Morgan fingerprint density at radius 1 is 1.19 bits per heavy atom. The molecule has 1 aromatic carbocycles. The smallest absolute Gasteiger partial charge is 0.233 e. The SMILES string of the molecule is Cc1nc2ccccc2nc1S[C@@H](C)C(=O)NCC(C)C. The lowest BCUT2D eigenvalue weighted by atomic mass is 10.2. The molecule has 1 heterocycles. The van der Waals surface area contributed by atoms with Gasteiger partial charge in [0.2, 0.25) is 5.91 Å². The number of nitrogens with zero attached hydrogens (tertiary/aromatic N) is 2. The minimum absolute atomic E-state index is 0.0445. The molecule has 0 spiro atoms. The van der Waals surface area contributed by atoms with E-state index in [0.29, 0.717) is 12.5 Å². The Balaban J connectivity index is 2.11. The molecule has 4 nitrogen and oxygen atoms in total. The van der Waals surface area contributed by atoms with Crippen LogP contribution >= 0.6 is 11.8 Å². The summed E-state index contributed by atoms with van der Waals surface area (Å²) < 4.78 is 0. The minimum Gasteiger partial charge on any atom is -0.355 e. The molecule has 0 aliphatic carbocycles. The summed E-state index contributed by atoms with van der Waals surface area (Å²) >= 11 is 1.46. The number of thioether (sulfide) groups is 1. The van der Waals surface area contributed by atoms with Crippen molar-refractivity contribution in [2.45, 2.75) is 38.0 Å². The Bertz CT molecular complexity index is 642. The number of hydrogen-bond donors (Lipinski definition) is 1. The molecule has 0 saturated heterocycles. The third-order valence-corrected chi connectivity index (χ3v) is 4.22. The summed E-state index contributed by atoms with van der Waals surface area (Å²) in [5, 5.41) is 3.59. The van der Waals surface area contributed by atoms with Gasteiger partial charge in [0.15, 0.2) is 0 Å². The second kappa shape index (κ2) is 6.89. The van der Waals surface area contributed by atoms with E-state index in [-0.39, 0.29) is 11.2 Å². The van der Waals surface area contributed by atoms with Crippen LogP contribution in [0.1, 0.15) is 26.5 Å². The Hall–Kier alpha value is -1.62. The number of aromatic nitrogens is 2. The first-order valence-corrected chi connectivity index (χ1v) is 8.03. The third-order valence-electron chi connectivity index (χ3n) is 3.04. The number of aryl methyl sites for hydroxylation is 1. The molecule has 5 heteroatoms. The summed E-state index contributed by atoms with van der Waals surface area (Å²) in [5.74, 6) is 0.497. The van der Waals surface area contributed by atoms with Gasteiger partial charge >= 0.3 is 0 Å². The summed E-state index contributed by atoms with van der Waals surface area (Å²) in [6.45, 7) is 8.69. The average Bonchev–Trinajstić information content (AvgIpc) is 2.45. The Labute approximate surface area is 129 Å². The molecule has 0 unspecified atom stereocenters. The zero-order valence-corrected chi connectivity index (χ0v) is 13.7. The molecule has 0 aliphatic rings. The molecule has 0 fully saturated rings. The fourth-order valence-corrected chi connectivity index (χ4v) is 2.75. The normalized spacial score (nSPS) is 12.6. The molecule has 112 valence electrons. The Morgan fingerprint density at radius 3 is 2.43 bits per heavy atom. The molecule has 1 N–H and O–H groups in total. The van der Waals surface area contributed by atoms with Crippen LogP contribution < -0.4 is 5.32 Å². The van der Waals surface area contributed by atoms with Gasteiger partial charge in [0.05, 0.1) is 22.0 Å². The molecule has 21 heavy (non-hydrogen) atoms. The number of rotatable bonds is 5. The van der Waals surface area contributed by atoms with Gasteiger partial charge in [-0.2, -0.15) is 0 Å². The summed E-state index contributed by atoms with van der Waals surface area (Å²) in [6.07, 6.45) is 0. The maximum atomic E-state index is 12.0. The van der Waals surface area contributed by atoms with E-state index in [2.05, 4.69) is 29.1 Å². The standard InChI is InChI=1S/C16H21N3OS/c1-10(2)9-17-15(20)12(4)21-16-11(3)18-13-7-5-6-8-14(13)19-16/h5-8,10,12H,9H2,1-4H3,(H,17,20)/t12-/m0/s1. The van der Waals surface area contributed by atoms with Crippen LogP contribution in [0.2, 0.25) is 0 Å². The molecule has 0 bridgehead atoms. The van der Waals surface area contributed by atoms with E-state index < -0.39 is 0 Å². The van der Waals surface area contributed by atoms with Crippen LogP contribution in [0.5, 0.6) is 0 Å². The molecule has 1 atom stereocenters. The van der Waals surface area contributed by atoms with Gasteiger partial charge in [-0.3, -0.25) is 4.79 Å². The van der Waals surface area contributed by atoms with Gasteiger partial charge in [-0.15, -0.1) is 0 Å². The van der Waals surface area contributed by atoms with Gasteiger partial charge in [0.25, 0.3) is 0 Å². The lowest BCUT2D eigenvalue weighted by molar-refractivity contribution is -0.120. The Morgan fingerprint density at radius 2 is 1.81 bits per heavy atom. The van der Waals surface area contributed by atoms with Gasteiger partial charge in [-0.25, -0.2) is 9.97 Å². The van der Waals surface area contributed by atoms with E-state index in [9.17, 15) is 4.79 Å². The van der Waals surface area contributed by atoms with Crippen LogP contribution in [-0.2, 0) is 4.79 Å². The second-order valence-corrected chi connectivity index (χ2v) is 6.83. The summed E-state index contributed by atoms with van der Waals surface area (Å²) in [5.41, 5.74) is 2.61. The van der Waals surface area contributed by atoms with Gasteiger partial charge < -0.3 is 5.32 Å². The molecular weight excluding hydrogens is 282 g/mol. The van der Waals surface area contributed by atoms with Crippen LogP contribution in [0.3, 0.4) is 0 Å². The van der Waals surface area contributed by atoms with Crippen molar-refractivity contribution in [3.63, 3.8) is 0 Å². The number of benzene rings is 1. The van der Waals surface area contributed by atoms with Crippen LogP contribution in [0, 0.1) is 12.8 Å². The quantitative estimate of drug-likeness (QED) is 0.862. The maximum Gasteiger partial charge on any atom is 0.233 e.